The highest BCUT2D eigenvalue weighted by Crippen LogP contribution is 2.30. The van der Waals surface area contributed by atoms with Gasteiger partial charge in [0.25, 0.3) is 11.1 Å². The molecule has 1 amide bonds. The fraction of sp³-hybridized carbons (Fsp3) is 0.200. The van der Waals surface area contributed by atoms with E-state index < -0.39 is 0 Å². The van der Waals surface area contributed by atoms with Crippen LogP contribution in [-0.4, -0.2) is 35.0 Å². The van der Waals surface area contributed by atoms with Crippen LogP contribution in [0, 0.1) is 11.3 Å². The van der Waals surface area contributed by atoms with E-state index in [2.05, 4.69) is 10.2 Å². The van der Waals surface area contributed by atoms with Crippen molar-refractivity contribution in [3.8, 4) is 23.3 Å². The number of amides is 1. The first-order valence-corrected chi connectivity index (χ1v) is 9.62. The Morgan fingerprint density at radius 3 is 2.68 bits per heavy atom. The normalized spacial score (nSPS) is 10.3. The number of benzene rings is 2. The first-order chi connectivity index (χ1) is 13.7. The van der Waals surface area contributed by atoms with E-state index in [-0.39, 0.29) is 23.4 Å². The zero-order valence-corrected chi connectivity index (χ0v) is 16.1. The second-order valence-electron chi connectivity index (χ2n) is 5.56. The SMILES string of the molecule is CCOc1ccccc1-c1nnc(SCC(=O)N(CC#N)c2ccccc2)o1. The lowest BCUT2D eigenvalue weighted by Gasteiger charge is -2.18. The summed E-state index contributed by atoms with van der Waals surface area (Å²) in [5.41, 5.74) is 1.37. The van der Waals surface area contributed by atoms with Crippen LogP contribution in [0.1, 0.15) is 6.92 Å². The van der Waals surface area contributed by atoms with Crippen molar-refractivity contribution in [1.82, 2.24) is 10.2 Å². The van der Waals surface area contributed by atoms with Gasteiger partial charge >= 0.3 is 0 Å². The molecule has 8 heteroatoms. The molecule has 0 aliphatic rings. The van der Waals surface area contributed by atoms with Gasteiger partial charge in [0.1, 0.15) is 12.3 Å². The molecular weight excluding hydrogens is 376 g/mol. The summed E-state index contributed by atoms with van der Waals surface area (Å²) < 4.78 is 11.3. The van der Waals surface area contributed by atoms with Crippen LogP contribution >= 0.6 is 11.8 Å². The predicted octanol–water partition coefficient (Wildman–Crippen LogP) is 3.78. The van der Waals surface area contributed by atoms with Gasteiger partial charge in [0, 0.05) is 5.69 Å². The molecule has 28 heavy (non-hydrogen) atoms. The van der Waals surface area contributed by atoms with E-state index in [0.717, 1.165) is 11.8 Å². The van der Waals surface area contributed by atoms with Gasteiger partial charge in [0.2, 0.25) is 5.91 Å². The smallest absolute Gasteiger partial charge is 0.277 e. The van der Waals surface area contributed by atoms with Crippen LogP contribution in [0.5, 0.6) is 5.75 Å². The molecule has 7 nitrogen and oxygen atoms in total. The Hall–Kier alpha value is -3.31. The highest BCUT2D eigenvalue weighted by molar-refractivity contribution is 7.99. The minimum Gasteiger partial charge on any atom is -0.493 e. The number of carbonyl (C=O) groups is 1. The number of aromatic nitrogens is 2. The number of ether oxygens (including phenoxy) is 1. The van der Waals surface area contributed by atoms with Crippen molar-refractivity contribution in [3.05, 3.63) is 54.6 Å². The third-order valence-electron chi connectivity index (χ3n) is 3.74. The highest BCUT2D eigenvalue weighted by Gasteiger charge is 2.18. The highest BCUT2D eigenvalue weighted by atomic mass is 32.2. The Balaban J connectivity index is 1.69. The number of hydrogen-bond donors (Lipinski definition) is 0. The summed E-state index contributed by atoms with van der Waals surface area (Å²) in [6.45, 7) is 2.40. The third kappa shape index (κ3) is 4.69. The second kappa shape index (κ2) is 9.58. The van der Waals surface area contributed by atoms with Crippen LogP contribution in [0.15, 0.2) is 64.2 Å². The minimum atomic E-state index is -0.216. The third-order valence-corrected chi connectivity index (χ3v) is 4.54. The van der Waals surface area contributed by atoms with Gasteiger partial charge < -0.3 is 9.15 Å². The van der Waals surface area contributed by atoms with E-state index in [0.29, 0.717) is 29.5 Å². The van der Waals surface area contributed by atoms with Gasteiger partial charge in [-0.15, -0.1) is 10.2 Å². The van der Waals surface area contributed by atoms with Gasteiger partial charge in [0.15, 0.2) is 0 Å². The number of nitriles is 1. The fourth-order valence-electron chi connectivity index (χ4n) is 2.51. The number of nitrogens with zero attached hydrogens (tertiary/aromatic N) is 4. The molecule has 2 aromatic carbocycles. The topological polar surface area (TPSA) is 92.3 Å². The maximum atomic E-state index is 12.6. The molecule has 0 spiro atoms. The maximum Gasteiger partial charge on any atom is 0.277 e. The molecule has 0 fully saturated rings. The van der Waals surface area contributed by atoms with Crippen LogP contribution in [-0.2, 0) is 4.79 Å². The average molecular weight is 394 g/mol. The van der Waals surface area contributed by atoms with Gasteiger partial charge in [-0.2, -0.15) is 5.26 Å². The average Bonchev–Trinajstić information content (AvgIpc) is 3.20. The van der Waals surface area contributed by atoms with E-state index in [4.69, 9.17) is 14.4 Å². The van der Waals surface area contributed by atoms with E-state index in [9.17, 15) is 4.79 Å². The molecule has 3 rings (SSSR count). The maximum absolute atomic E-state index is 12.6. The number of rotatable bonds is 8. The lowest BCUT2D eigenvalue weighted by Crippen LogP contribution is -2.32. The molecule has 0 bridgehead atoms. The summed E-state index contributed by atoms with van der Waals surface area (Å²) in [5, 5.41) is 17.4. The Morgan fingerprint density at radius 2 is 1.93 bits per heavy atom. The van der Waals surface area contributed by atoms with Gasteiger partial charge in [0.05, 0.1) is 24.0 Å². The van der Waals surface area contributed by atoms with Gasteiger partial charge in [-0.25, -0.2) is 0 Å². The first kappa shape index (κ1) is 19.5. The predicted molar refractivity (Wildman–Crippen MR) is 106 cm³/mol. The van der Waals surface area contributed by atoms with Gasteiger partial charge in [-0.3, -0.25) is 9.69 Å². The quantitative estimate of drug-likeness (QED) is 0.424. The second-order valence-corrected chi connectivity index (χ2v) is 6.49. The van der Waals surface area contributed by atoms with E-state index in [1.165, 1.54) is 4.90 Å². The number of thioether (sulfide) groups is 1. The summed E-state index contributed by atoms with van der Waals surface area (Å²) in [6, 6.07) is 18.5. The van der Waals surface area contributed by atoms with Crippen LogP contribution < -0.4 is 9.64 Å². The van der Waals surface area contributed by atoms with Crippen molar-refractivity contribution in [1.29, 1.82) is 5.26 Å². The zero-order chi connectivity index (χ0) is 19.8. The molecule has 1 heterocycles. The van der Waals surface area contributed by atoms with Crippen molar-refractivity contribution in [2.45, 2.75) is 12.1 Å². The van der Waals surface area contributed by atoms with Crippen molar-refractivity contribution >= 4 is 23.4 Å². The van der Waals surface area contributed by atoms with E-state index in [1.54, 1.807) is 12.1 Å². The number of carbonyl (C=O) groups excluding carboxylic acids is 1. The standard InChI is InChI=1S/C20H18N4O3S/c1-2-26-17-11-7-6-10-16(17)19-22-23-20(27-19)28-14-18(25)24(13-12-21)15-8-4-3-5-9-15/h3-11H,2,13-14H2,1H3. The lowest BCUT2D eigenvalue weighted by atomic mass is 10.2. The molecule has 0 N–H and O–H groups in total. The molecule has 0 atom stereocenters. The molecular formula is C20H18N4O3S. The lowest BCUT2D eigenvalue weighted by molar-refractivity contribution is -0.116. The Bertz CT molecular complexity index is 969. The molecule has 0 aliphatic carbocycles. The molecule has 0 aliphatic heterocycles. The van der Waals surface area contributed by atoms with Crippen LogP contribution in [0.25, 0.3) is 11.5 Å². The summed E-state index contributed by atoms with van der Waals surface area (Å²) >= 11 is 1.13. The van der Waals surface area contributed by atoms with Crippen LogP contribution in [0.3, 0.4) is 0 Å². The molecule has 0 unspecified atom stereocenters. The van der Waals surface area contributed by atoms with E-state index in [1.807, 2.05) is 55.5 Å². The molecule has 0 saturated carbocycles. The fourth-order valence-corrected chi connectivity index (χ4v) is 3.14. The summed E-state index contributed by atoms with van der Waals surface area (Å²) in [5.74, 6) is 0.847. The summed E-state index contributed by atoms with van der Waals surface area (Å²) in [4.78, 5) is 14.0. The Labute approximate surface area is 166 Å². The van der Waals surface area contributed by atoms with Crippen LogP contribution in [0.2, 0.25) is 0 Å². The number of anilines is 1. The monoisotopic (exact) mass is 394 g/mol. The summed E-state index contributed by atoms with van der Waals surface area (Å²) in [7, 11) is 0. The van der Waals surface area contributed by atoms with E-state index >= 15 is 0 Å². The van der Waals surface area contributed by atoms with Crippen LogP contribution in [0.4, 0.5) is 5.69 Å². The van der Waals surface area contributed by atoms with Crippen molar-refractivity contribution in [2.75, 3.05) is 23.8 Å². The largest absolute Gasteiger partial charge is 0.493 e. The van der Waals surface area contributed by atoms with Gasteiger partial charge in [-0.1, -0.05) is 42.1 Å². The molecule has 0 radical (unpaired) electrons. The molecule has 3 aromatic rings. The van der Waals surface area contributed by atoms with Gasteiger partial charge in [-0.05, 0) is 31.2 Å². The molecule has 0 saturated heterocycles. The minimum absolute atomic E-state index is 0.0276. The zero-order valence-electron chi connectivity index (χ0n) is 15.2. The van der Waals surface area contributed by atoms with Crippen molar-refractivity contribution in [3.63, 3.8) is 0 Å². The number of hydrogen-bond acceptors (Lipinski definition) is 7. The Kier molecular flexibility index (Phi) is 6.65. The van der Waals surface area contributed by atoms with Crippen molar-refractivity contribution < 1.29 is 13.9 Å². The van der Waals surface area contributed by atoms with Crippen molar-refractivity contribution in [2.24, 2.45) is 0 Å². The Morgan fingerprint density at radius 1 is 1.18 bits per heavy atom. The molecule has 1 aromatic heterocycles. The number of para-hydroxylation sites is 2. The summed E-state index contributed by atoms with van der Waals surface area (Å²) in [6.07, 6.45) is 0. The molecule has 142 valence electrons. The first-order valence-electron chi connectivity index (χ1n) is 8.63.